The molecule has 174 valence electrons. The molecular weight excluding hydrogens is 506 g/mol. The number of benzene rings is 3. The summed E-state index contributed by atoms with van der Waals surface area (Å²) in [5.41, 5.74) is 0.822. The van der Waals surface area contributed by atoms with Crippen molar-refractivity contribution in [3.8, 4) is 0 Å². The number of fused-ring (bicyclic) bond motifs is 1. The second-order valence-corrected chi connectivity index (χ2v) is 10.7. The summed E-state index contributed by atoms with van der Waals surface area (Å²) in [6.07, 6.45) is 0. The van der Waals surface area contributed by atoms with Gasteiger partial charge in [-0.1, -0.05) is 58.4 Å². The summed E-state index contributed by atoms with van der Waals surface area (Å²) in [7, 11) is -1.05. The average Bonchev–Trinajstić information content (AvgIpc) is 2.82. The molecule has 2 amide bonds. The van der Waals surface area contributed by atoms with E-state index in [4.69, 9.17) is 0 Å². The number of rotatable bonds is 8. The van der Waals surface area contributed by atoms with Crippen LogP contribution in [0, 0.1) is 0 Å². The lowest BCUT2D eigenvalue weighted by atomic mass is 10.1. The lowest BCUT2D eigenvalue weighted by Crippen LogP contribution is -2.50. The van der Waals surface area contributed by atoms with Crippen LogP contribution >= 0.6 is 15.9 Å². The van der Waals surface area contributed by atoms with Crippen LogP contribution in [0.4, 0.5) is 0 Å². The smallest absolute Gasteiger partial charge is 0.243 e. The molecule has 9 heteroatoms. The number of halogens is 1. The van der Waals surface area contributed by atoms with Gasteiger partial charge < -0.3 is 10.2 Å². The first-order valence-electron chi connectivity index (χ1n) is 10.3. The van der Waals surface area contributed by atoms with Crippen LogP contribution < -0.4 is 5.32 Å². The van der Waals surface area contributed by atoms with E-state index in [0.717, 1.165) is 25.1 Å². The van der Waals surface area contributed by atoms with E-state index in [-0.39, 0.29) is 17.3 Å². The van der Waals surface area contributed by atoms with Crippen molar-refractivity contribution in [2.75, 3.05) is 20.6 Å². The third kappa shape index (κ3) is 5.79. The molecule has 0 unspecified atom stereocenters. The number of likely N-dealkylation sites (N-methyl/N-ethyl adjacent to an activating group) is 2. The van der Waals surface area contributed by atoms with Crippen molar-refractivity contribution in [2.45, 2.75) is 24.4 Å². The van der Waals surface area contributed by atoms with Gasteiger partial charge in [-0.25, -0.2) is 8.42 Å². The molecule has 7 nitrogen and oxygen atoms in total. The van der Waals surface area contributed by atoms with Gasteiger partial charge in [0.25, 0.3) is 0 Å². The molecule has 0 aliphatic heterocycles. The Hall–Kier alpha value is -2.75. The van der Waals surface area contributed by atoms with E-state index in [9.17, 15) is 18.0 Å². The second-order valence-electron chi connectivity index (χ2n) is 7.71. The van der Waals surface area contributed by atoms with Crippen LogP contribution in [0.3, 0.4) is 0 Å². The molecule has 1 N–H and O–H groups in total. The minimum Gasteiger partial charge on any atom is -0.357 e. The minimum absolute atomic E-state index is 0.107. The fourth-order valence-electron chi connectivity index (χ4n) is 3.45. The van der Waals surface area contributed by atoms with Crippen LogP contribution in [0.5, 0.6) is 0 Å². The summed E-state index contributed by atoms with van der Waals surface area (Å²) in [6.45, 7) is 1.39. The standard InChI is InChI=1S/C24H26BrN3O4S/c1-17(24(30)26-2)28(15-18-8-11-21(25)12-9-18)23(29)16-27(3)33(31,32)22-13-10-19-6-4-5-7-20(19)14-22/h4-14,17H,15-16H2,1-3H3,(H,26,30)/t17-/m0/s1. The molecule has 0 spiro atoms. The normalized spacial score (nSPS) is 12.5. The Kier molecular flexibility index (Phi) is 7.88. The Balaban J connectivity index is 1.84. The third-order valence-electron chi connectivity index (χ3n) is 5.47. The van der Waals surface area contributed by atoms with Crippen molar-refractivity contribution in [1.82, 2.24) is 14.5 Å². The van der Waals surface area contributed by atoms with Crippen molar-refractivity contribution < 1.29 is 18.0 Å². The van der Waals surface area contributed by atoms with Crippen LogP contribution in [0.25, 0.3) is 10.8 Å². The predicted octanol–water partition coefficient (Wildman–Crippen LogP) is 3.39. The van der Waals surface area contributed by atoms with Gasteiger partial charge in [0.2, 0.25) is 21.8 Å². The van der Waals surface area contributed by atoms with E-state index >= 15 is 0 Å². The van der Waals surface area contributed by atoms with Gasteiger partial charge in [0.1, 0.15) is 6.04 Å². The van der Waals surface area contributed by atoms with Crippen LogP contribution in [-0.2, 0) is 26.2 Å². The van der Waals surface area contributed by atoms with Crippen LogP contribution in [0.15, 0.2) is 76.1 Å². The number of carbonyl (C=O) groups is 2. The zero-order chi connectivity index (χ0) is 24.2. The predicted molar refractivity (Wildman–Crippen MR) is 132 cm³/mol. The zero-order valence-corrected chi connectivity index (χ0v) is 21.1. The van der Waals surface area contributed by atoms with E-state index in [0.29, 0.717) is 0 Å². The average molecular weight is 532 g/mol. The van der Waals surface area contributed by atoms with Gasteiger partial charge in [0.15, 0.2) is 0 Å². The summed E-state index contributed by atoms with van der Waals surface area (Å²) in [6, 6.07) is 18.9. The van der Waals surface area contributed by atoms with E-state index in [1.807, 2.05) is 48.5 Å². The number of hydrogen-bond donors (Lipinski definition) is 1. The molecule has 0 aromatic heterocycles. The highest BCUT2D eigenvalue weighted by Gasteiger charge is 2.30. The number of sulfonamides is 1. The summed E-state index contributed by atoms with van der Waals surface area (Å²) in [4.78, 5) is 27.0. The molecule has 0 radical (unpaired) electrons. The molecule has 1 atom stereocenters. The van der Waals surface area contributed by atoms with Gasteiger partial charge in [-0.2, -0.15) is 4.31 Å². The maximum atomic E-state index is 13.2. The van der Waals surface area contributed by atoms with Crippen molar-refractivity contribution in [1.29, 1.82) is 0 Å². The van der Waals surface area contributed by atoms with E-state index < -0.39 is 28.5 Å². The number of nitrogens with zero attached hydrogens (tertiary/aromatic N) is 2. The molecule has 0 fully saturated rings. The van der Waals surface area contributed by atoms with Gasteiger partial charge in [-0.3, -0.25) is 9.59 Å². The van der Waals surface area contributed by atoms with Crippen molar-refractivity contribution in [3.05, 3.63) is 76.8 Å². The van der Waals surface area contributed by atoms with Crippen molar-refractivity contribution in [3.63, 3.8) is 0 Å². The molecular formula is C24H26BrN3O4S. The summed E-state index contributed by atoms with van der Waals surface area (Å²) in [5, 5.41) is 4.27. The Morgan fingerprint density at radius 3 is 2.27 bits per heavy atom. The molecule has 0 aliphatic rings. The lowest BCUT2D eigenvalue weighted by molar-refractivity contribution is -0.140. The van der Waals surface area contributed by atoms with Crippen LogP contribution in [-0.4, -0.2) is 56.1 Å². The second kappa shape index (κ2) is 10.5. The molecule has 3 rings (SSSR count). The van der Waals surface area contributed by atoms with Crippen molar-refractivity contribution >= 4 is 48.5 Å². The zero-order valence-electron chi connectivity index (χ0n) is 18.7. The van der Waals surface area contributed by atoms with Gasteiger partial charge in [-0.15, -0.1) is 0 Å². The monoisotopic (exact) mass is 531 g/mol. The highest BCUT2D eigenvalue weighted by atomic mass is 79.9. The Morgan fingerprint density at radius 1 is 1.00 bits per heavy atom. The van der Waals surface area contributed by atoms with Crippen LogP contribution in [0.1, 0.15) is 12.5 Å². The molecule has 3 aromatic rings. The number of amides is 2. The first-order valence-corrected chi connectivity index (χ1v) is 12.6. The fraction of sp³-hybridized carbons (Fsp3) is 0.250. The fourth-order valence-corrected chi connectivity index (χ4v) is 4.87. The SMILES string of the molecule is CNC(=O)[C@H](C)N(Cc1ccc(Br)cc1)C(=O)CN(C)S(=O)(=O)c1ccc2ccccc2c1. The first-order chi connectivity index (χ1) is 15.6. The summed E-state index contributed by atoms with van der Waals surface area (Å²) in [5.74, 6) is -0.804. The topological polar surface area (TPSA) is 86.8 Å². The Bertz CT molecular complexity index is 1260. The van der Waals surface area contributed by atoms with Crippen LogP contribution in [0.2, 0.25) is 0 Å². The van der Waals surface area contributed by atoms with E-state index in [2.05, 4.69) is 21.2 Å². The van der Waals surface area contributed by atoms with Gasteiger partial charge in [0.05, 0.1) is 11.4 Å². The maximum Gasteiger partial charge on any atom is 0.243 e. The van der Waals surface area contributed by atoms with Crippen molar-refractivity contribution in [2.24, 2.45) is 0 Å². The Morgan fingerprint density at radius 2 is 1.64 bits per heavy atom. The summed E-state index contributed by atoms with van der Waals surface area (Å²) >= 11 is 3.38. The molecule has 0 bridgehead atoms. The summed E-state index contributed by atoms with van der Waals surface area (Å²) < 4.78 is 28.2. The highest BCUT2D eigenvalue weighted by molar-refractivity contribution is 9.10. The Labute approximate surface area is 202 Å². The van der Waals surface area contributed by atoms with Gasteiger partial charge in [-0.05, 0) is 47.5 Å². The molecule has 0 saturated carbocycles. The first kappa shape index (κ1) is 24.9. The minimum atomic E-state index is -3.91. The number of carbonyl (C=O) groups excluding carboxylic acids is 2. The van der Waals surface area contributed by atoms with Gasteiger partial charge in [0, 0.05) is 25.1 Å². The molecule has 0 aliphatic carbocycles. The third-order valence-corrected chi connectivity index (χ3v) is 7.79. The molecule has 0 saturated heterocycles. The van der Waals surface area contributed by atoms with E-state index in [1.165, 1.54) is 25.1 Å². The van der Waals surface area contributed by atoms with Gasteiger partial charge >= 0.3 is 0 Å². The molecule has 3 aromatic carbocycles. The van der Waals surface area contributed by atoms with E-state index in [1.54, 1.807) is 19.1 Å². The quantitative estimate of drug-likeness (QED) is 0.482. The lowest BCUT2D eigenvalue weighted by Gasteiger charge is -2.30. The maximum absolute atomic E-state index is 13.2. The molecule has 0 heterocycles. The largest absolute Gasteiger partial charge is 0.357 e. The molecule has 33 heavy (non-hydrogen) atoms. The number of nitrogens with one attached hydrogen (secondary N) is 1. The number of hydrogen-bond acceptors (Lipinski definition) is 4. The highest BCUT2D eigenvalue weighted by Crippen LogP contribution is 2.22.